The molecule has 0 bridgehead atoms. The molecule has 0 saturated heterocycles. The Balaban J connectivity index is 2.81. The lowest BCUT2D eigenvalue weighted by molar-refractivity contribution is 0.0919. The van der Waals surface area contributed by atoms with Crippen LogP contribution in [0.2, 0.25) is 0 Å². The lowest BCUT2D eigenvalue weighted by atomic mass is 10.2. The number of rotatable bonds is 4. The highest BCUT2D eigenvalue weighted by Gasteiger charge is 2.13. The van der Waals surface area contributed by atoms with E-state index in [4.69, 9.17) is 9.84 Å². The molecular weight excluding hydrogens is 196 g/mol. The van der Waals surface area contributed by atoms with Crippen LogP contribution in [0.5, 0.6) is 5.75 Å². The first-order chi connectivity index (χ1) is 7.19. The van der Waals surface area contributed by atoms with Gasteiger partial charge >= 0.3 is 0 Å². The maximum Gasteiger partial charge on any atom is 0.255 e. The summed E-state index contributed by atoms with van der Waals surface area (Å²) in [5.41, 5.74) is 0.410. The van der Waals surface area contributed by atoms with Gasteiger partial charge in [-0.3, -0.25) is 9.78 Å². The summed E-state index contributed by atoms with van der Waals surface area (Å²) in [6.07, 6.45) is 2.99. The summed E-state index contributed by atoms with van der Waals surface area (Å²) < 4.78 is 5.00. The van der Waals surface area contributed by atoms with E-state index in [0.717, 1.165) is 0 Å². The minimum atomic E-state index is -0.282. The molecule has 5 nitrogen and oxygen atoms in total. The van der Waals surface area contributed by atoms with Gasteiger partial charge in [0, 0.05) is 12.2 Å². The SMILES string of the molecule is COc1cnccc1C(=O)NC(C)CO. The Hall–Kier alpha value is -1.62. The highest BCUT2D eigenvalue weighted by Crippen LogP contribution is 2.15. The van der Waals surface area contributed by atoms with Gasteiger partial charge in [-0.2, -0.15) is 0 Å². The second-order valence-electron chi connectivity index (χ2n) is 3.13. The van der Waals surface area contributed by atoms with Gasteiger partial charge < -0.3 is 15.2 Å². The van der Waals surface area contributed by atoms with E-state index < -0.39 is 0 Å². The number of nitrogens with one attached hydrogen (secondary N) is 1. The zero-order valence-corrected chi connectivity index (χ0v) is 8.73. The van der Waals surface area contributed by atoms with Crippen LogP contribution in [0, 0.1) is 0 Å². The predicted octanol–water partition coefficient (Wildman–Crippen LogP) is 0.201. The molecule has 1 unspecified atom stereocenters. The number of hydrogen-bond acceptors (Lipinski definition) is 4. The van der Waals surface area contributed by atoms with E-state index in [0.29, 0.717) is 11.3 Å². The van der Waals surface area contributed by atoms with Gasteiger partial charge in [-0.15, -0.1) is 0 Å². The molecule has 0 aliphatic rings. The second kappa shape index (κ2) is 5.31. The predicted molar refractivity (Wildman–Crippen MR) is 54.8 cm³/mol. The molecule has 1 rings (SSSR count). The number of aliphatic hydroxyl groups excluding tert-OH is 1. The van der Waals surface area contributed by atoms with E-state index >= 15 is 0 Å². The average molecular weight is 210 g/mol. The van der Waals surface area contributed by atoms with Crippen LogP contribution in [0.15, 0.2) is 18.5 Å². The monoisotopic (exact) mass is 210 g/mol. The van der Waals surface area contributed by atoms with Crippen molar-refractivity contribution in [2.75, 3.05) is 13.7 Å². The van der Waals surface area contributed by atoms with Crippen molar-refractivity contribution in [3.05, 3.63) is 24.0 Å². The molecule has 0 fully saturated rings. The molecule has 82 valence electrons. The summed E-state index contributed by atoms with van der Waals surface area (Å²) in [5.74, 6) is 0.135. The van der Waals surface area contributed by atoms with Crippen LogP contribution < -0.4 is 10.1 Å². The van der Waals surface area contributed by atoms with Crippen molar-refractivity contribution in [2.24, 2.45) is 0 Å². The van der Waals surface area contributed by atoms with Crippen molar-refractivity contribution in [1.82, 2.24) is 10.3 Å². The molecule has 0 aromatic carbocycles. The van der Waals surface area contributed by atoms with Crippen LogP contribution in [0.3, 0.4) is 0 Å². The zero-order chi connectivity index (χ0) is 11.3. The number of methoxy groups -OCH3 is 1. The maximum atomic E-state index is 11.7. The van der Waals surface area contributed by atoms with Gasteiger partial charge in [0.25, 0.3) is 5.91 Å². The Morgan fingerprint density at radius 3 is 3.07 bits per heavy atom. The molecule has 5 heteroatoms. The largest absolute Gasteiger partial charge is 0.494 e. The minimum absolute atomic E-state index is 0.0981. The number of aromatic nitrogens is 1. The number of carbonyl (C=O) groups is 1. The van der Waals surface area contributed by atoms with E-state index in [9.17, 15) is 4.79 Å². The number of amides is 1. The van der Waals surface area contributed by atoms with Crippen molar-refractivity contribution in [3.8, 4) is 5.75 Å². The summed E-state index contributed by atoms with van der Waals surface area (Å²) >= 11 is 0. The van der Waals surface area contributed by atoms with Crippen LogP contribution in [0.4, 0.5) is 0 Å². The van der Waals surface area contributed by atoms with Crippen molar-refractivity contribution >= 4 is 5.91 Å². The zero-order valence-electron chi connectivity index (χ0n) is 8.73. The molecule has 1 aromatic heterocycles. The number of aliphatic hydroxyl groups is 1. The Bertz CT molecular complexity index is 341. The molecule has 0 aliphatic heterocycles. The standard InChI is InChI=1S/C10H14N2O3/c1-7(6-13)12-10(14)8-3-4-11-5-9(8)15-2/h3-5,7,13H,6H2,1-2H3,(H,12,14). The van der Waals surface area contributed by atoms with Gasteiger partial charge in [-0.05, 0) is 13.0 Å². The third kappa shape index (κ3) is 2.92. The topological polar surface area (TPSA) is 71.5 Å². The summed E-state index contributed by atoms with van der Waals surface area (Å²) in [7, 11) is 1.48. The van der Waals surface area contributed by atoms with Gasteiger partial charge in [0.1, 0.15) is 5.75 Å². The van der Waals surface area contributed by atoms with Crippen LogP contribution in [-0.2, 0) is 0 Å². The molecule has 15 heavy (non-hydrogen) atoms. The first-order valence-electron chi connectivity index (χ1n) is 4.58. The van der Waals surface area contributed by atoms with Crippen LogP contribution in [-0.4, -0.2) is 35.8 Å². The average Bonchev–Trinajstić information content (AvgIpc) is 2.28. The van der Waals surface area contributed by atoms with E-state index in [1.165, 1.54) is 19.5 Å². The highest BCUT2D eigenvalue weighted by molar-refractivity contribution is 5.96. The smallest absolute Gasteiger partial charge is 0.255 e. The first kappa shape index (κ1) is 11.5. The normalized spacial score (nSPS) is 11.9. The fraction of sp³-hybridized carbons (Fsp3) is 0.400. The molecule has 1 atom stereocenters. The molecule has 1 amide bonds. The lowest BCUT2D eigenvalue weighted by Gasteiger charge is -2.12. The van der Waals surface area contributed by atoms with Crippen LogP contribution >= 0.6 is 0 Å². The minimum Gasteiger partial charge on any atom is -0.494 e. The van der Waals surface area contributed by atoms with E-state index in [-0.39, 0.29) is 18.6 Å². The van der Waals surface area contributed by atoms with Crippen molar-refractivity contribution in [3.63, 3.8) is 0 Å². The van der Waals surface area contributed by atoms with Crippen LogP contribution in [0.1, 0.15) is 17.3 Å². The Labute approximate surface area is 88.1 Å². The fourth-order valence-electron chi connectivity index (χ4n) is 1.08. The third-order valence-corrected chi connectivity index (χ3v) is 1.90. The van der Waals surface area contributed by atoms with Gasteiger partial charge in [0.2, 0.25) is 0 Å². The summed E-state index contributed by atoms with van der Waals surface area (Å²) in [6, 6.07) is 1.29. The van der Waals surface area contributed by atoms with Gasteiger partial charge in [0.05, 0.1) is 25.5 Å². The molecule has 0 spiro atoms. The van der Waals surface area contributed by atoms with E-state index in [2.05, 4.69) is 10.3 Å². The molecule has 0 radical (unpaired) electrons. The first-order valence-corrected chi connectivity index (χ1v) is 4.58. The summed E-state index contributed by atoms with van der Waals surface area (Å²) in [5, 5.41) is 11.4. The number of carbonyl (C=O) groups excluding carboxylic acids is 1. The molecule has 1 aromatic rings. The van der Waals surface area contributed by atoms with Crippen molar-refractivity contribution < 1.29 is 14.6 Å². The van der Waals surface area contributed by atoms with Crippen molar-refractivity contribution in [2.45, 2.75) is 13.0 Å². The third-order valence-electron chi connectivity index (χ3n) is 1.90. The maximum absolute atomic E-state index is 11.7. The number of nitrogens with zero attached hydrogens (tertiary/aromatic N) is 1. The molecular formula is C10H14N2O3. The van der Waals surface area contributed by atoms with E-state index in [1.807, 2.05) is 0 Å². The van der Waals surface area contributed by atoms with Crippen molar-refractivity contribution in [1.29, 1.82) is 0 Å². The van der Waals surface area contributed by atoms with Gasteiger partial charge in [-0.1, -0.05) is 0 Å². The summed E-state index contributed by atoms with van der Waals surface area (Å²) in [4.78, 5) is 15.5. The Morgan fingerprint density at radius 2 is 2.47 bits per heavy atom. The van der Waals surface area contributed by atoms with E-state index in [1.54, 1.807) is 13.0 Å². The highest BCUT2D eigenvalue weighted by atomic mass is 16.5. The molecule has 1 heterocycles. The molecule has 0 aliphatic carbocycles. The van der Waals surface area contributed by atoms with Gasteiger partial charge in [-0.25, -0.2) is 0 Å². The number of ether oxygens (including phenoxy) is 1. The summed E-state index contributed by atoms with van der Waals surface area (Å²) in [6.45, 7) is 1.62. The molecule has 0 saturated carbocycles. The van der Waals surface area contributed by atoms with Gasteiger partial charge in [0.15, 0.2) is 0 Å². The Morgan fingerprint density at radius 1 is 1.73 bits per heavy atom. The lowest BCUT2D eigenvalue weighted by Crippen LogP contribution is -2.35. The quantitative estimate of drug-likeness (QED) is 0.744. The second-order valence-corrected chi connectivity index (χ2v) is 3.13. The Kier molecular flexibility index (Phi) is 4.05. The number of pyridine rings is 1. The number of hydrogen-bond donors (Lipinski definition) is 2. The molecule has 2 N–H and O–H groups in total. The fourth-order valence-corrected chi connectivity index (χ4v) is 1.08. The van der Waals surface area contributed by atoms with Crippen LogP contribution in [0.25, 0.3) is 0 Å².